The average Bonchev–Trinajstić information content (AvgIpc) is 2.68. The zero-order valence-corrected chi connectivity index (χ0v) is 16.5. The first-order valence-corrected chi connectivity index (χ1v) is 11.0. The Labute approximate surface area is 142 Å². The minimum atomic E-state index is 1.14. The molecule has 22 heavy (non-hydrogen) atoms. The van der Waals surface area contributed by atoms with Gasteiger partial charge in [0.25, 0.3) is 0 Å². The summed E-state index contributed by atoms with van der Waals surface area (Å²) in [6.45, 7) is 8.00. The van der Waals surface area contributed by atoms with E-state index < -0.39 is 0 Å². The Morgan fingerprint density at radius 3 is 0.727 bits per heavy atom. The van der Waals surface area contributed by atoms with Crippen LogP contribution in [0.1, 0.15) is 130 Å². The minimum absolute atomic E-state index is 1.14. The number of hydrogen-bond acceptors (Lipinski definition) is 0. The lowest BCUT2D eigenvalue weighted by atomic mass is 9.73. The highest BCUT2D eigenvalue weighted by Crippen LogP contribution is 2.37. The molecule has 3 saturated carbocycles. The van der Waals surface area contributed by atoms with Gasteiger partial charge in [-0.1, -0.05) is 130 Å². The van der Waals surface area contributed by atoms with E-state index in [0.29, 0.717) is 0 Å². The van der Waals surface area contributed by atoms with E-state index in [0.717, 1.165) is 11.8 Å². The quantitative estimate of drug-likeness (QED) is 0.455. The van der Waals surface area contributed by atoms with Crippen LogP contribution in [-0.4, -0.2) is 0 Å². The normalized spacial score (nSPS) is 22.9. The summed E-state index contributed by atoms with van der Waals surface area (Å²) in [7, 11) is 0. The lowest BCUT2D eigenvalue weighted by Crippen LogP contribution is -2.20. The summed E-state index contributed by atoms with van der Waals surface area (Å²) >= 11 is 0. The van der Waals surface area contributed by atoms with Gasteiger partial charge in [-0.3, -0.25) is 0 Å². The molecule has 0 unspecified atom stereocenters. The first-order valence-electron chi connectivity index (χ1n) is 11.0. The first kappa shape index (κ1) is 22.0. The molecule has 0 atom stereocenters. The van der Waals surface area contributed by atoms with Crippen molar-refractivity contribution in [3.63, 3.8) is 0 Å². The molecule has 3 aliphatic rings. The van der Waals surface area contributed by atoms with Gasteiger partial charge in [-0.15, -0.1) is 0 Å². The van der Waals surface area contributed by atoms with Crippen LogP contribution in [0.15, 0.2) is 0 Å². The molecule has 0 heterocycles. The standard InChI is InChI=1S/C12H22.C6H12.2C2H6/c1-3-7-11(8-4-1)12-9-5-2-6-10-12;1-2-4-6-5-3-1;2*1-2/h11-12H,1-10H2;1-6H2;2*1-2H3. The monoisotopic (exact) mass is 310 g/mol. The Morgan fingerprint density at radius 1 is 0.318 bits per heavy atom. The smallest absolute Gasteiger partial charge is 0.0386 e. The highest BCUT2D eigenvalue weighted by molar-refractivity contribution is 4.76. The molecule has 0 heteroatoms. The molecule has 3 aliphatic carbocycles. The third-order valence-electron chi connectivity index (χ3n) is 5.47. The van der Waals surface area contributed by atoms with Crippen molar-refractivity contribution in [2.45, 2.75) is 130 Å². The summed E-state index contributed by atoms with van der Waals surface area (Å²) in [5.41, 5.74) is 0. The highest BCUT2D eigenvalue weighted by Gasteiger charge is 2.24. The van der Waals surface area contributed by atoms with Gasteiger partial charge in [0.1, 0.15) is 0 Å². The van der Waals surface area contributed by atoms with Crippen LogP contribution in [0.2, 0.25) is 0 Å². The molecule has 134 valence electrons. The second-order valence-corrected chi connectivity index (χ2v) is 6.92. The number of hydrogen-bond donors (Lipinski definition) is 0. The molecule has 3 rings (SSSR count). The fourth-order valence-corrected chi connectivity index (χ4v) is 4.27. The molecular formula is C22H46. The van der Waals surface area contributed by atoms with E-state index in [4.69, 9.17) is 0 Å². The molecule has 3 fully saturated rings. The van der Waals surface area contributed by atoms with Gasteiger partial charge in [0.2, 0.25) is 0 Å². The maximum atomic E-state index is 2.00. The first-order chi connectivity index (χ1) is 11.0. The predicted octanol–water partition coefficient (Wildman–Crippen LogP) is 8.54. The summed E-state index contributed by atoms with van der Waals surface area (Å²) in [5.74, 6) is 2.28. The molecule has 0 aromatic heterocycles. The van der Waals surface area contributed by atoms with Crippen molar-refractivity contribution in [3.05, 3.63) is 0 Å². The second-order valence-electron chi connectivity index (χ2n) is 6.92. The van der Waals surface area contributed by atoms with Gasteiger partial charge < -0.3 is 0 Å². The largest absolute Gasteiger partial charge is 0.0683 e. The maximum absolute atomic E-state index is 2.00. The molecule has 0 saturated heterocycles. The SMILES string of the molecule is C1CCC(C2CCCCC2)CC1.C1CCCCC1.CC.CC. The Kier molecular flexibility index (Phi) is 17.4. The van der Waals surface area contributed by atoms with Gasteiger partial charge in [-0.25, -0.2) is 0 Å². The van der Waals surface area contributed by atoms with Crippen molar-refractivity contribution in [2.24, 2.45) is 11.8 Å². The molecule has 0 radical (unpaired) electrons. The van der Waals surface area contributed by atoms with Crippen molar-refractivity contribution in [3.8, 4) is 0 Å². The summed E-state index contributed by atoms with van der Waals surface area (Å²) < 4.78 is 0. The Balaban J connectivity index is 0.000000373. The lowest BCUT2D eigenvalue weighted by Gasteiger charge is -2.32. The van der Waals surface area contributed by atoms with Crippen LogP contribution >= 0.6 is 0 Å². The molecule has 0 aliphatic heterocycles. The molecule has 0 bridgehead atoms. The maximum Gasteiger partial charge on any atom is -0.0386 e. The fraction of sp³-hybridized carbons (Fsp3) is 1.00. The van der Waals surface area contributed by atoms with E-state index in [1.165, 1.54) is 77.0 Å². The van der Waals surface area contributed by atoms with E-state index >= 15 is 0 Å². The van der Waals surface area contributed by atoms with Crippen molar-refractivity contribution >= 4 is 0 Å². The van der Waals surface area contributed by atoms with Crippen LogP contribution in [0.5, 0.6) is 0 Å². The second kappa shape index (κ2) is 17.4. The van der Waals surface area contributed by atoms with Gasteiger partial charge in [0.15, 0.2) is 0 Å². The van der Waals surface area contributed by atoms with Crippen LogP contribution in [0.25, 0.3) is 0 Å². The lowest BCUT2D eigenvalue weighted by molar-refractivity contribution is 0.196. The molecule has 0 N–H and O–H groups in total. The van der Waals surface area contributed by atoms with Gasteiger partial charge in [0.05, 0.1) is 0 Å². The van der Waals surface area contributed by atoms with E-state index in [1.54, 1.807) is 25.7 Å². The minimum Gasteiger partial charge on any atom is -0.0683 e. The van der Waals surface area contributed by atoms with Crippen molar-refractivity contribution in [1.29, 1.82) is 0 Å². The molecule has 0 nitrogen and oxygen atoms in total. The van der Waals surface area contributed by atoms with E-state index in [9.17, 15) is 0 Å². The van der Waals surface area contributed by atoms with E-state index in [1.807, 2.05) is 27.7 Å². The third-order valence-corrected chi connectivity index (χ3v) is 5.47. The van der Waals surface area contributed by atoms with Gasteiger partial charge >= 0.3 is 0 Å². The van der Waals surface area contributed by atoms with E-state index in [-0.39, 0.29) is 0 Å². The predicted molar refractivity (Wildman–Crippen MR) is 104 cm³/mol. The summed E-state index contributed by atoms with van der Waals surface area (Å²) in [6, 6.07) is 0. The van der Waals surface area contributed by atoms with Crippen LogP contribution in [-0.2, 0) is 0 Å². The summed E-state index contributed by atoms with van der Waals surface area (Å²) in [4.78, 5) is 0. The number of rotatable bonds is 1. The molecule has 0 aromatic rings. The fourth-order valence-electron chi connectivity index (χ4n) is 4.27. The zero-order chi connectivity index (χ0) is 16.5. The van der Waals surface area contributed by atoms with Crippen LogP contribution in [0, 0.1) is 11.8 Å². The average molecular weight is 311 g/mol. The Bertz CT molecular complexity index is 153. The van der Waals surface area contributed by atoms with Gasteiger partial charge in [-0.05, 0) is 11.8 Å². The van der Waals surface area contributed by atoms with E-state index in [2.05, 4.69) is 0 Å². The third kappa shape index (κ3) is 10.7. The van der Waals surface area contributed by atoms with Gasteiger partial charge in [0, 0.05) is 0 Å². The molecule has 0 spiro atoms. The topological polar surface area (TPSA) is 0 Å². The van der Waals surface area contributed by atoms with Crippen molar-refractivity contribution < 1.29 is 0 Å². The summed E-state index contributed by atoms with van der Waals surface area (Å²) in [6.07, 6.45) is 24.4. The zero-order valence-electron chi connectivity index (χ0n) is 16.5. The Morgan fingerprint density at radius 2 is 0.500 bits per heavy atom. The van der Waals surface area contributed by atoms with Crippen molar-refractivity contribution in [1.82, 2.24) is 0 Å². The molecular weight excluding hydrogens is 264 g/mol. The Hall–Kier alpha value is 0. The van der Waals surface area contributed by atoms with Crippen LogP contribution in [0.4, 0.5) is 0 Å². The van der Waals surface area contributed by atoms with Gasteiger partial charge in [-0.2, -0.15) is 0 Å². The summed E-state index contributed by atoms with van der Waals surface area (Å²) in [5, 5.41) is 0. The van der Waals surface area contributed by atoms with Crippen molar-refractivity contribution in [2.75, 3.05) is 0 Å². The van der Waals surface area contributed by atoms with Crippen LogP contribution in [0.3, 0.4) is 0 Å². The highest BCUT2D eigenvalue weighted by atomic mass is 14.3. The van der Waals surface area contributed by atoms with Crippen LogP contribution < -0.4 is 0 Å². The molecule has 0 amide bonds. The molecule has 0 aromatic carbocycles.